The molecule has 0 amide bonds. The lowest BCUT2D eigenvalue weighted by Gasteiger charge is -2.55. The predicted octanol–water partition coefficient (Wildman–Crippen LogP) is 20.7. The maximum Gasteiger partial charge on any atom is 0.252 e. The van der Waals surface area contributed by atoms with Gasteiger partial charge in [0.2, 0.25) is 0 Å². The van der Waals surface area contributed by atoms with E-state index in [1.165, 1.54) is 176 Å². The van der Waals surface area contributed by atoms with Gasteiger partial charge in [0.15, 0.2) is 0 Å². The number of benzene rings is 11. The first-order chi connectivity index (χ1) is 46.3. The van der Waals surface area contributed by atoms with Crippen molar-refractivity contribution in [2.45, 2.75) is 89.5 Å². The molecule has 0 bridgehead atoms. The van der Waals surface area contributed by atoms with Crippen LogP contribution < -0.4 is 26.2 Å². The summed E-state index contributed by atoms with van der Waals surface area (Å²) in [6, 6.07) is 73.8. The van der Waals surface area contributed by atoms with Gasteiger partial charge in [-0.2, -0.15) is 0 Å². The normalized spacial score (nSPS) is 19.8. The Bertz CT molecular complexity index is 5520. The van der Waals surface area contributed by atoms with E-state index in [0.29, 0.717) is 29.2 Å². The van der Waals surface area contributed by atoms with Crippen LogP contribution in [0, 0.1) is 23.7 Å². The van der Waals surface area contributed by atoms with Crippen LogP contribution in [0.4, 0.5) is 28.4 Å². The molecule has 3 aliphatic carbocycles. The monoisotopic (exact) mass is 1150 g/mol. The van der Waals surface area contributed by atoms with Crippen LogP contribution in [0.2, 0.25) is 0 Å². The number of hydrogen-bond acceptors (Lipinski definition) is 2. The molecule has 6 heterocycles. The lowest BCUT2D eigenvalue weighted by atomic mass is 9.33. The van der Waals surface area contributed by atoms with Crippen molar-refractivity contribution < 1.29 is 6.85 Å². The minimum Gasteiger partial charge on any atom is -0.339 e. The van der Waals surface area contributed by atoms with Crippen LogP contribution in [-0.2, 0) is 0 Å². The first-order valence-electron chi connectivity index (χ1n) is 35.8. The van der Waals surface area contributed by atoms with Crippen molar-refractivity contribution in [2.75, 3.05) is 9.80 Å². The summed E-state index contributed by atoms with van der Waals surface area (Å²) >= 11 is 0. The molecule has 5 aliphatic rings. The van der Waals surface area contributed by atoms with E-state index in [1.54, 1.807) is 0 Å². The second-order valence-corrected chi connectivity index (χ2v) is 27.0. The number of anilines is 5. The van der Waals surface area contributed by atoms with Gasteiger partial charge in [0, 0.05) is 83.0 Å². The van der Waals surface area contributed by atoms with E-state index in [2.05, 4.69) is 219 Å². The van der Waals surface area contributed by atoms with Gasteiger partial charge in [-0.25, -0.2) is 0 Å². The van der Waals surface area contributed by atoms with E-state index in [-0.39, 0.29) is 48.5 Å². The minimum absolute atomic E-state index is 0.130. The highest BCUT2D eigenvalue weighted by Gasteiger charge is 2.51. The van der Waals surface area contributed by atoms with Crippen molar-refractivity contribution >= 4 is 128 Å². The van der Waals surface area contributed by atoms with E-state index in [1.807, 2.05) is 0 Å². The first kappa shape index (κ1) is 45.9. The van der Waals surface area contributed by atoms with E-state index < -0.39 is 0 Å². The third kappa shape index (κ3) is 7.25. The summed E-state index contributed by atoms with van der Waals surface area (Å²) < 4.78 is 53.0. The third-order valence-electron chi connectivity index (χ3n) is 22.8. The van der Waals surface area contributed by atoms with Crippen molar-refractivity contribution in [1.29, 1.82) is 0 Å². The highest BCUT2D eigenvalue weighted by molar-refractivity contribution is 7.00. The van der Waals surface area contributed by atoms with Crippen LogP contribution in [0.5, 0.6) is 0 Å². The maximum atomic E-state index is 10.0. The molecule has 4 aromatic heterocycles. The molecule has 0 radical (unpaired) electrons. The van der Waals surface area contributed by atoms with Crippen LogP contribution in [-0.4, -0.2) is 21.6 Å². The molecule has 0 spiro atoms. The molecule has 3 saturated carbocycles. The second-order valence-electron chi connectivity index (χ2n) is 27.0. The van der Waals surface area contributed by atoms with Crippen LogP contribution in [0.1, 0.15) is 90.3 Å². The molecule has 20 rings (SSSR count). The molecule has 4 nitrogen and oxygen atoms in total. The highest BCUT2D eigenvalue weighted by Crippen LogP contribution is 2.56. The smallest absolute Gasteiger partial charge is 0.252 e. The van der Waals surface area contributed by atoms with Crippen LogP contribution in [0.25, 0.3) is 110 Å². The molecule has 15 aromatic rings. The Labute approximate surface area is 527 Å². The lowest BCUT2D eigenvalue weighted by molar-refractivity contribution is 0.0839. The van der Waals surface area contributed by atoms with Crippen LogP contribution in [0.15, 0.2) is 230 Å². The Morgan fingerprint density at radius 3 is 1.38 bits per heavy atom. The van der Waals surface area contributed by atoms with Crippen molar-refractivity contribution in [3.8, 4) is 33.4 Å². The molecule has 3 fully saturated rings. The quantitative estimate of drug-likeness (QED) is 0.148. The van der Waals surface area contributed by atoms with Crippen LogP contribution >= 0.6 is 0 Å². The molecule has 5 heteroatoms. The number of hydrogen-bond donors (Lipinski definition) is 0. The molecule has 428 valence electrons. The van der Waals surface area contributed by atoms with Gasteiger partial charge in [-0.1, -0.05) is 265 Å². The average molecular weight is 1150 g/mol. The third-order valence-corrected chi connectivity index (χ3v) is 22.8. The second kappa shape index (κ2) is 19.6. The van der Waals surface area contributed by atoms with Gasteiger partial charge in [-0.05, 0) is 112 Å². The van der Waals surface area contributed by atoms with Gasteiger partial charge in [0.25, 0.3) is 6.71 Å². The molecular formula is C84H69BN4. The SMILES string of the molecule is [2H]c1c([2H])c([2H])c(-c2cc3c4c(c2)N(C2C(C5CCCCC5)CCCC2C2CCCCC2)c2cc5c(cc2B4c2cc4c6cccc7c8ccccc8n(c4cc2N3c2c(-c3ccccc3)cccc2-c2ccccc2)c76)c2cccc3c4ccccc4n5c32)c([2H])c1[2H]. The molecule has 2 atom stereocenters. The maximum absolute atomic E-state index is 10.0. The van der Waals surface area contributed by atoms with Crippen molar-refractivity contribution in [1.82, 2.24) is 8.80 Å². The zero-order valence-corrected chi connectivity index (χ0v) is 50.0. The average Bonchev–Trinajstić information content (AvgIpc) is 1.16. The summed E-state index contributed by atoms with van der Waals surface area (Å²) in [5.41, 5.74) is 21.4. The molecule has 89 heavy (non-hydrogen) atoms. The van der Waals surface area contributed by atoms with Gasteiger partial charge in [-0.15, -0.1) is 0 Å². The fourth-order valence-electron chi connectivity index (χ4n) is 19.2. The molecule has 2 unspecified atom stereocenters. The molecule has 0 saturated heterocycles. The van der Waals surface area contributed by atoms with E-state index in [9.17, 15) is 5.48 Å². The molecule has 11 aromatic carbocycles. The van der Waals surface area contributed by atoms with E-state index in [0.717, 1.165) is 50.5 Å². The largest absolute Gasteiger partial charge is 0.339 e. The van der Waals surface area contributed by atoms with E-state index in [4.69, 9.17) is 1.37 Å². The fraction of sp³-hybridized carbons (Fsp3) is 0.214. The zero-order chi connectivity index (χ0) is 62.4. The zero-order valence-electron chi connectivity index (χ0n) is 55.0. The van der Waals surface area contributed by atoms with Crippen molar-refractivity contribution in [2.24, 2.45) is 23.7 Å². The molecule has 0 N–H and O–H groups in total. The summed E-state index contributed by atoms with van der Waals surface area (Å²) in [6.07, 6.45) is 16.2. The molecular weight excluding hydrogens is 1080 g/mol. The predicted molar refractivity (Wildman–Crippen MR) is 378 cm³/mol. The number of fused-ring (bicyclic) bond motifs is 16. The summed E-state index contributed by atoms with van der Waals surface area (Å²) in [5, 5.41) is 9.93. The summed E-state index contributed by atoms with van der Waals surface area (Å²) in [4.78, 5) is 5.51. The van der Waals surface area contributed by atoms with Crippen LogP contribution in [0.3, 0.4) is 0 Å². The first-order valence-corrected chi connectivity index (χ1v) is 33.3. The van der Waals surface area contributed by atoms with Gasteiger partial charge in [-0.3, -0.25) is 0 Å². The summed E-state index contributed by atoms with van der Waals surface area (Å²) in [5.74, 6) is 1.97. The minimum atomic E-state index is -0.385. The molecule has 2 aliphatic heterocycles. The van der Waals surface area contributed by atoms with Gasteiger partial charge >= 0.3 is 0 Å². The summed E-state index contributed by atoms with van der Waals surface area (Å²) in [7, 11) is 0. The lowest BCUT2D eigenvalue weighted by Crippen LogP contribution is -2.64. The van der Waals surface area contributed by atoms with Gasteiger partial charge < -0.3 is 18.6 Å². The number of para-hydroxylation sites is 5. The number of rotatable bonds is 7. The standard InChI is InChI=1S/C84H69BN4/c1-6-24-52(25-7-1)57-46-78-80-79(47-57)89(82-60(55-30-12-4-13-31-55)38-21-39-61(82)56-32-14-5-15-33-56)77-51-75-69(67-43-23-41-65-63-35-17-19-45-73(63)87(75)84(65)67)49-71(77)85(80)70-48-68-66-42-22-40-64-62-34-16-18-44-72(62)86(83(64)66)74(68)50-76(70)88(78)81-58(53-26-8-2-9-27-53)36-20-37-59(81)54-28-10-3-11-29-54/h1-3,6-11,16-20,22-29,34-37,40-51,55-56,60-61,82H,4-5,12-15,21,30-33,38-39H2/i1D,6D,7D,24D,25D. The van der Waals surface area contributed by atoms with E-state index >= 15 is 0 Å². The van der Waals surface area contributed by atoms with Gasteiger partial charge in [0.1, 0.15) is 0 Å². The Kier molecular flexibility index (Phi) is 10.1. The van der Waals surface area contributed by atoms with Crippen molar-refractivity contribution in [3.63, 3.8) is 0 Å². The Balaban J connectivity index is 0.998. The number of nitrogens with zero attached hydrogens (tertiary/aromatic N) is 4. The summed E-state index contributed by atoms with van der Waals surface area (Å²) in [6.45, 7) is -0.298. The van der Waals surface area contributed by atoms with Gasteiger partial charge in [0.05, 0.1) is 45.6 Å². The Hall–Kier alpha value is -9.32. The number of aromatic nitrogens is 2. The Morgan fingerprint density at radius 2 is 0.820 bits per heavy atom. The Morgan fingerprint density at radius 1 is 0.348 bits per heavy atom. The topological polar surface area (TPSA) is 15.3 Å². The highest BCUT2D eigenvalue weighted by atomic mass is 15.2. The fourth-order valence-corrected chi connectivity index (χ4v) is 19.2. The van der Waals surface area contributed by atoms with Crippen molar-refractivity contribution in [3.05, 3.63) is 230 Å².